The molecule has 5 nitrogen and oxygen atoms in total. The average molecular weight is 256 g/mol. The van der Waals surface area contributed by atoms with Gasteiger partial charge >= 0.3 is 11.9 Å². The fourth-order valence-corrected chi connectivity index (χ4v) is 1.21. The summed E-state index contributed by atoms with van der Waals surface area (Å²) >= 11 is 0. The zero-order chi connectivity index (χ0) is 14.0. The first-order valence-electron chi connectivity index (χ1n) is 5.86. The zero-order valence-corrected chi connectivity index (χ0v) is 10.5. The molecular weight excluding hydrogens is 236 g/mol. The molecule has 0 aliphatic heterocycles. The minimum Gasteiger partial charge on any atom is -0.478 e. The molecule has 5 heteroatoms. The second kappa shape index (κ2) is 9.41. The van der Waals surface area contributed by atoms with Crippen LogP contribution in [-0.4, -0.2) is 35.4 Å². The second-order valence-electron chi connectivity index (χ2n) is 3.93. The Morgan fingerprint density at radius 2 is 1.61 bits per heavy atom. The van der Waals surface area contributed by atoms with Crippen molar-refractivity contribution in [3.8, 4) is 0 Å². The number of aliphatic hydroxyl groups excluding tert-OH is 1. The molecule has 0 heterocycles. The second-order valence-corrected chi connectivity index (χ2v) is 3.93. The van der Waals surface area contributed by atoms with Crippen LogP contribution in [0.15, 0.2) is 24.3 Å². The van der Waals surface area contributed by atoms with Crippen LogP contribution in [0, 0.1) is 0 Å². The van der Waals surface area contributed by atoms with E-state index in [1.807, 2.05) is 0 Å². The predicted molar refractivity (Wildman–Crippen MR) is 67.0 cm³/mol. The summed E-state index contributed by atoms with van der Waals surface area (Å²) in [5.41, 5.74) is 0.507. The standard InChI is InChI=1S/C13H20O5/c1-10(12(15)16)6-3-4-9-18-13(17)11(2)7-5-8-14/h14H,1-9H2,(H,15,16). The molecule has 0 aromatic rings. The Balaban J connectivity index is 3.60. The first-order chi connectivity index (χ1) is 8.49. The van der Waals surface area contributed by atoms with E-state index in [9.17, 15) is 9.59 Å². The van der Waals surface area contributed by atoms with Crippen molar-refractivity contribution < 1.29 is 24.5 Å². The Kier molecular flexibility index (Phi) is 8.57. The maximum absolute atomic E-state index is 11.3. The van der Waals surface area contributed by atoms with E-state index in [1.54, 1.807) is 0 Å². The van der Waals surface area contributed by atoms with Crippen molar-refractivity contribution in [1.82, 2.24) is 0 Å². The lowest BCUT2D eigenvalue weighted by molar-refractivity contribution is -0.139. The Morgan fingerprint density at radius 1 is 1.00 bits per heavy atom. The minimum atomic E-state index is -0.996. The Bertz CT molecular complexity index is 319. The van der Waals surface area contributed by atoms with Crippen molar-refractivity contribution in [1.29, 1.82) is 0 Å². The van der Waals surface area contributed by atoms with Crippen LogP contribution in [0.3, 0.4) is 0 Å². The highest BCUT2D eigenvalue weighted by Crippen LogP contribution is 2.07. The predicted octanol–water partition coefficient (Wildman–Crippen LogP) is 1.67. The van der Waals surface area contributed by atoms with Crippen LogP contribution in [0.5, 0.6) is 0 Å². The number of hydrogen-bond acceptors (Lipinski definition) is 4. The maximum atomic E-state index is 11.3. The highest BCUT2D eigenvalue weighted by Gasteiger charge is 2.08. The molecule has 0 aromatic heterocycles. The number of ether oxygens (including phenoxy) is 1. The number of hydrogen-bond donors (Lipinski definition) is 2. The summed E-state index contributed by atoms with van der Waals surface area (Å²) in [6.45, 7) is 7.23. The molecule has 102 valence electrons. The molecule has 0 aliphatic rings. The molecule has 0 radical (unpaired) electrons. The van der Waals surface area contributed by atoms with E-state index in [2.05, 4.69) is 13.2 Å². The van der Waals surface area contributed by atoms with Gasteiger partial charge in [0.1, 0.15) is 0 Å². The van der Waals surface area contributed by atoms with E-state index in [0.717, 1.165) is 0 Å². The van der Waals surface area contributed by atoms with Crippen LogP contribution in [0.2, 0.25) is 0 Å². The number of carboxylic acid groups (broad SMARTS) is 1. The molecule has 0 fully saturated rings. The van der Waals surface area contributed by atoms with Crippen molar-refractivity contribution in [3.05, 3.63) is 24.3 Å². The summed E-state index contributed by atoms with van der Waals surface area (Å²) in [6, 6.07) is 0. The Morgan fingerprint density at radius 3 is 2.17 bits per heavy atom. The number of aliphatic hydroxyl groups is 1. The van der Waals surface area contributed by atoms with Crippen molar-refractivity contribution in [2.45, 2.75) is 32.1 Å². The highest BCUT2D eigenvalue weighted by atomic mass is 16.5. The van der Waals surface area contributed by atoms with Gasteiger partial charge in [-0.25, -0.2) is 9.59 Å². The monoisotopic (exact) mass is 256 g/mol. The molecule has 0 saturated heterocycles. The van der Waals surface area contributed by atoms with Gasteiger partial charge in [0.05, 0.1) is 6.61 Å². The Hall–Kier alpha value is -1.62. The number of aliphatic carboxylic acids is 1. The third-order valence-electron chi connectivity index (χ3n) is 2.33. The van der Waals surface area contributed by atoms with E-state index < -0.39 is 11.9 Å². The largest absolute Gasteiger partial charge is 0.478 e. The van der Waals surface area contributed by atoms with Gasteiger partial charge < -0.3 is 14.9 Å². The van der Waals surface area contributed by atoms with Crippen molar-refractivity contribution in [3.63, 3.8) is 0 Å². The highest BCUT2D eigenvalue weighted by molar-refractivity contribution is 5.87. The molecule has 2 N–H and O–H groups in total. The topological polar surface area (TPSA) is 83.8 Å². The molecule has 0 saturated carbocycles. The molecule has 0 atom stereocenters. The van der Waals surface area contributed by atoms with Gasteiger partial charge in [0.15, 0.2) is 0 Å². The van der Waals surface area contributed by atoms with Crippen LogP contribution in [-0.2, 0) is 14.3 Å². The lowest BCUT2D eigenvalue weighted by Gasteiger charge is -2.06. The van der Waals surface area contributed by atoms with Crippen molar-refractivity contribution in [2.75, 3.05) is 13.2 Å². The summed E-state index contributed by atoms with van der Waals surface area (Å²) in [4.78, 5) is 21.8. The van der Waals surface area contributed by atoms with E-state index in [1.165, 1.54) is 0 Å². The number of carboxylic acids is 1. The van der Waals surface area contributed by atoms with Crippen LogP contribution < -0.4 is 0 Å². The fraction of sp³-hybridized carbons (Fsp3) is 0.538. The summed E-state index contributed by atoms with van der Waals surface area (Å²) in [6.07, 6.45) is 2.50. The first kappa shape index (κ1) is 16.4. The van der Waals surface area contributed by atoms with Gasteiger partial charge in [0.2, 0.25) is 0 Å². The fourth-order valence-electron chi connectivity index (χ4n) is 1.21. The maximum Gasteiger partial charge on any atom is 0.333 e. The molecule has 0 aliphatic carbocycles. The smallest absolute Gasteiger partial charge is 0.333 e. The van der Waals surface area contributed by atoms with Crippen LogP contribution in [0.4, 0.5) is 0 Å². The molecule has 0 aromatic carbocycles. The van der Waals surface area contributed by atoms with Gasteiger partial charge in [-0.2, -0.15) is 0 Å². The summed E-state index contributed by atoms with van der Waals surface area (Å²) in [5, 5.41) is 17.2. The lowest BCUT2D eigenvalue weighted by Crippen LogP contribution is -2.09. The third kappa shape index (κ3) is 7.62. The molecule has 0 rings (SSSR count). The SMILES string of the molecule is C=C(CCCCOC(=O)C(=C)CCCO)C(=O)O. The number of esters is 1. The van der Waals surface area contributed by atoms with Crippen LogP contribution in [0.25, 0.3) is 0 Å². The van der Waals surface area contributed by atoms with E-state index in [4.69, 9.17) is 14.9 Å². The number of rotatable bonds is 10. The van der Waals surface area contributed by atoms with Crippen LogP contribution >= 0.6 is 0 Å². The third-order valence-corrected chi connectivity index (χ3v) is 2.33. The van der Waals surface area contributed by atoms with Crippen LogP contribution in [0.1, 0.15) is 32.1 Å². The quantitative estimate of drug-likeness (QED) is 0.353. The van der Waals surface area contributed by atoms with Gasteiger partial charge in [-0.1, -0.05) is 13.2 Å². The van der Waals surface area contributed by atoms with Gasteiger partial charge in [-0.05, 0) is 32.1 Å². The van der Waals surface area contributed by atoms with E-state index in [-0.39, 0.29) is 18.8 Å². The van der Waals surface area contributed by atoms with Crippen molar-refractivity contribution >= 4 is 11.9 Å². The molecule has 0 amide bonds. The normalized spacial score (nSPS) is 9.83. The number of carbonyl (C=O) groups excluding carboxylic acids is 1. The average Bonchev–Trinajstić information content (AvgIpc) is 2.34. The summed E-state index contributed by atoms with van der Waals surface area (Å²) in [5.74, 6) is -1.45. The molecule has 18 heavy (non-hydrogen) atoms. The molecule has 0 bridgehead atoms. The number of unbranched alkanes of at least 4 members (excludes halogenated alkanes) is 1. The first-order valence-corrected chi connectivity index (χ1v) is 5.86. The molecule has 0 unspecified atom stereocenters. The van der Waals surface area contributed by atoms with Gasteiger partial charge in [-0.15, -0.1) is 0 Å². The van der Waals surface area contributed by atoms with Gasteiger partial charge in [-0.3, -0.25) is 0 Å². The minimum absolute atomic E-state index is 0.0175. The summed E-state index contributed by atoms with van der Waals surface area (Å²) < 4.78 is 4.95. The molecular formula is C13H20O5. The molecule has 0 spiro atoms. The van der Waals surface area contributed by atoms with E-state index >= 15 is 0 Å². The zero-order valence-electron chi connectivity index (χ0n) is 10.5. The summed E-state index contributed by atoms with van der Waals surface area (Å²) in [7, 11) is 0. The lowest BCUT2D eigenvalue weighted by atomic mass is 10.1. The van der Waals surface area contributed by atoms with Gasteiger partial charge in [0, 0.05) is 17.8 Å². The van der Waals surface area contributed by atoms with E-state index in [0.29, 0.717) is 37.7 Å². The van der Waals surface area contributed by atoms with Gasteiger partial charge in [0.25, 0.3) is 0 Å². The Labute approximate surface area is 107 Å². The number of carbonyl (C=O) groups is 2. The van der Waals surface area contributed by atoms with Crippen molar-refractivity contribution in [2.24, 2.45) is 0 Å².